The van der Waals surface area contributed by atoms with Gasteiger partial charge in [0.05, 0.1) is 20.3 Å². The number of benzene rings is 1. The molecule has 5 nitrogen and oxygen atoms in total. The number of hydrogen-bond acceptors (Lipinski definition) is 4. The van der Waals surface area contributed by atoms with Crippen LogP contribution in [-0.4, -0.2) is 36.5 Å². The number of aromatic carboxylic acids is 1. The topological polar surface area (TPSA) is 76.0 Å². The van der Waals surface area contributed by atoms with Crippen molar-refractivity contribution in [2.75, 3.05) is 14.2 Å². The summed E-state index contributed by atoms with van der Waals surface area (Å²) in [7, 11) is 3.00. The molecule has 21 heavy (non-hydrogen) atoms. The molecule has 0 aliphatic heterocycles. The zero-order chi connectivity index (χ0) is 15.8. The van der Waals surface area contributed by atoms with Crippen molar-refractivity contribution >= 4 is 5.97 Å². The molecular weight excluding hydrogens is 272 g/mol. The Bertz CT molecular complexity index is 468. The van der Waals surface area contributed by atoms with Gasteiger partial charge in [-0.3, -0.25) is 0 Å². The molecule has 0 saturated heterocycles. The highest BCUT2D eigenvalue weighted by molar-refractivity contribution is 5.93. The molecule has 2 N–H and O–H groups in total. The number of ether oxygens (including phenoxy) is 2. The van der Waals surface area contributed by atoms with Crippen molar-refractivity contribution in [1.29, 1.82) is 0 Å². The summed E-state index contributed by atoms with van der Waals surface area (Å²) in [6.07, 6.45) is 3.88. The molecule has 0 fully saturated rings. The molecular formula is C16H24O5. The van der Waals surface area contributed by atoms with Gasteiger partial charge < -0.3 is 19.7 Å². The van der Waals surface area contributed by atoms with Crippen molar-refractivity contribution < 1.29 is 24.5 Å². The highest BCUT2D eigenvalue weighted by atomic mass is 16.5. The maximum Gasteiger partial charge on any atom is 0.339 e. The largest absolute Gasteiger partial charge is 0.497 e. The number of carboxylic acids is 1. The molecule has 0 bridgehead atoms. The summed E-state index contributed by atoms with van der Waals surface area (Å²) in [4.78, 5) is 11.4. The van der Waals surface area contributed by atoms with Gasteiger partial charge in [0.25, 0.3) is 0 Å². The standard InChI is InChI=1S/C16H24O5/c1-11(17)7-5-4-6-8-12-9-13(20-2)10-14(21-3)15(12)16(18)19/h9-11,17H,4-8H2,1-3H3,(H,18,19)/t11-/m1/s1. The lowest BCUT2D eigenvalue weighted by Crippen LogP contribution is -2.07. The van der Waals surface area contributed by atoms with E-state index in [1.807, 2.05) is 0 Å². The van der Waals surface area contributed by atoms with E-state index >= 15 is 0 Å². The van der Waals surface area contributed by atoms with Gasteiger partial charge in [0.15, 0.2) is 0 Å². The van der Waals surface area contributed by atoms with Crippen LogP contribution in [0.5, 0.6) is 11.5 Å². The fraction of sp³-hybridized carbons (Fsp3) is 0.562. The van der Waals surface area contributed by atoms with Crippen LogP contribution in [0.15, 0.2) is 12.1 Å². The summed E-state index contributed by atoms with van der Waals surface area (Å²) < 4.78 is 10.3. The van der Waals surface area contributed by atoms with E-state index in [1.165, 1.54) is 7.11 Å². The fourth-order valence-corrected chi connectivity index (χ4v) is 2.30. The van der Waals surface area contributed by atoms with E-state index in [0.717, 1.165) is 31.2 Å². The Labute approximate surface area is 125 Å². The number of hydrogen-bond donors (Lipinski definition) is 2. The average molecular weight is 296 g/mol. The molecule has 1 aromatic rings. The smallest absolute Gasteiger partial charge is 0.339 e. The molecule has 0 radical (unpaired) electrons. The van der Waals surface area contributed by atoms with Gasteiger partial charge in [-0.25, -0.2) is 4.79 Å². The SMILES string of the molecule is COc1cc(CCCCC[C@@H](C)O)c(C(=O)O)c(OC)c1. The predicted octanol–water partition coefficient (Wildman–Crippen LogP) is 2.89. The third-order valence-corrected chi connectivity index (χ3v) is 3.39. The molecule has 0 aromatic heterocycles. The van der Waals surface area contributed by atoms with Crippen molar-refractivity contribution in [2.45, 2.75) is 45.1 Å². The molecule has 1 aromatic carbocycles. The third-order valence-electron chi connectivity index (χ3n) is 3.39. The molecule has 0 heterocycles. The normalized spacial score (nSPS) is 12.0. The van der Waals surface area contributed by atoms with Crippen LogP contribution in [0.3, 0.4) is 0 Å². The van der Waals surface area contributed by atoms with E-state index in [-0.39, 0.29) is 11.7 Å². The third kappa shape index (κ3) is 5.27. The van der Waals surface area contributed by atoms with Gasteiger partial charge in [-0.1, -0.05) is 12.8 Å². The Morgan fingerprint density at radius 1 is 1.19 bits per heavy atom. The molecule has 5 heteroatoms. The number of carbonyl (C=O) groups is 1. The summed E-state index contributed by atoms with van der Waals surface area (Å²) in [5.41, 5.74) is 0.921. The summed E-state index contributed by atoms with van der Waals surface area (Å²) in [6.45, 7) is 1.77. The highest BCUT2D eigenvalue weighted by Gasteiger charge is 2.18. The Kier molecular flexibility index (Phi) is 7.02. The van der Waals surface area contributed by atoms with Gasteiger partial charge >= 0.3 is 5.97 Å². The Morgan fingerprint density at radius 3 is 2.43 bits per heavy atom. The number of unbranched alkanes of at least 4 members (excludes halogenated alkanes) is 2. The minimum atomic E-state index is -0.992. The molecule has 0 spiro atoms. The van der Waals surface area contributed by atoms with Crippen LogP contribution in [-0.2, 0) is 6.42 Å². The van der Waals surface area contributed by atoms with Crippen LogP contribution in [0.1, 0.15) is 48.5 Å². The Morgan fingerprint density at radius 2 is 1.90 bits per heavy atom. The lowest BCUT2D eigenvalue weighted by molar-refractivity contribution is 0.0692. The van der Waals surface area contributed by atoms with Crippen molar-refractivity contribution in [3.8, 4) is 11.5 Å². The van der Waals surface area contributed by atoms with Crippen LogP contribution in [0.4, 0.5) is 0 Å². The van der Waals surface area contributed by atoms with Crippen LogP contribution in [0.2, 0.25) is 0 Å². The number of aliphatic hydroxyl groups excluding tert-OH is 1. The lowest BCUT2D eigenvalue weighted by atomic mass is 9.99. The molecule has 0 aliphatic rings. The Balaban J connectivity index is 2.81. The van der Waals surface area contributed by atoms with E-state index < -0.39 is 5.97 Å². The van der Waals surface area contributed by atoms with Gasteiger partial charge in [0.2, 0.25) is 0 Å². The first-order valence-electron chi connectivity index (χ1n) is 7.15. The molecule has 0 saturated carbocycles. The average Bonchev–Trinajstić information content (AvgIpc) is 2.45. The quantitative estimate of drug-likeness (QED) is 0.685. The number of rotatable bonds is 9. The number of methoxy groups -OCH3 is 2. The van der Waals surface area contributed by atoms with Crippen LogP contribution < -0.4 is 9.47 Å². The second-order valence-corrected chi connectivity index (χ2v) is 5.12. The molecule has 0 aliphatic carbocycles. The van der Waals surface area contributed by atoms with E-state index in [2.05, 4.69) is 0 Å². The maximum atomic E-state index is 11.4. The van der Waals surface area contributed by atoms with E-state index in [4.69, 9.17) is 9.47 Å². The zero-order valence-electron chi connectivity index (χ0n) is 12.9. The fourth-order valence-electron chi connectivity index (χ4n) is 2.30. The van der Waals surface area contributed by atoms with E-state index in [0.29, 0.717) is 17.9 Å². The van der Waals surface area contributed by atoms with Gasteiger partial charge in [-0.2, -0.15) is 0 Å². The van der Waals surface area contributed by atoms with Gasteiger partial charge in [0, 0.05) is 6.07 Å². The second kappa shape index (κ2) is 8.52. The van der Waals surface area contributed by atoms with Crippen molar-refractivity contribution in [1.82, 2.24) is 0 Å². The van der Waals surface area contributed by atoms with Crippen molar-refractivity contribution in [3.63, 3.8) is 0 Å². The number of aryl methyl sites for hydroxylation is 1. The first-order valence-corrected chi connectivity index (χ1v) is 7.15. The monoisotopic (exact) mass is 296 g/mol. The molecule has 0 unspecified atom stereocenters. The second-order valence-electron chi connectivity index (χ2n) is 5.12. The molecule has 1 atom stereocenters. The summed E-state index contributed by atoms with van der Waals surface area (Å²) >= 11 is 0. The zero-order valence-corrected chi connectivity index (χ0v) is 12.9. The van der Waals surface area contributed by atoms with Gasteiger partial charge in [-0.05, 0) is 37.8 Å². The summed E-state index contributed by atoms with van der Waals surface area (Å²) in [5, 5.41) is 18.6. The van der Waals surface area contributed by atoms with Crippen LogP contribution >= 0.6 is 0 Å². The number of carboxylic acid groups (broad SMARTS) is 1. The summed E-state index contributed by atoms with van der Waals surface area (Å²) in [6, 6.07) is 3.33. The lowest BCUT2D eigenvalue weighted by Gasteiger charge is -2.13. The Hall–Kier alpha value is -1.75. The molecule has 118 valence electrons. The number of aliphatic hydroxyl groups is 1. The van der Waals surface area contributed by atoms with Crippen molar-refractivity contribution in [3.05, 3.63) is 23.3 Å². The van der Waals surface area contributed by atoms with Crippen LogP contribution in [0, 0.1) is 0 Å². The van der Waals surface area contributed by atoms with Crippen molar-refractivity contribution in [2.24, 2.45) is 0 Å². The first kappa shape index (κ1) is 17.3. The summed E-state index contributed by atoms with van der Waals surface area (Å²) in [5.74, 6) is -0.0786. The highest BCUT2D eigenvalue weighted by Crippen LogP contribution is 2.30. The van der Waals surface area contributed by atoms with E-state index in [9.17, 15) is 15.0 Å². The molecule has 1 rings (SSSR count). The van der Waals surface area contributed by atoms with Gasteiger partial charge in [0.1, 0.15) is 17.1 Å². The predicted molar refractivity (Wildman–Crippen MR) is 80.4 cm³/mol. The maximum absolute atomic E-state index is 11.4. The minimum Gasteiger partial charge on any atom is -0.497 e. The van der Waals surface area contributed by atoms with Crippen LogP contribution in [0.25, 0.3) is 0 Å². The minimum absolute atomic E-state index is 0.203. The first-order chi connectivity index (χ1) is 9.99. The molecule has 0 amide bonds. The van der Waals surface area contributed by atoms with E-state index in [1.54, 1.807) is 26.2 Å². The van der Waals surface area contributed by atoms with Gasteiger partial charge in [-0.15, -0.1) is 0 Å².